The van der Waals surface area contributed by atoms with Gasteiger partial charge in [0.2, 0.25) is 0 Å². The highest BCUT2D eigenvalue weighted by molar-refractivity contribution is 7.91. The molecule has 1 fully saturated rings. The Balaban J connectivity index is 2.18. The van der Waals surface area contributed by atoms with E-state index in [9.17, 15) is 8.42 Å². The van der Waals surface area contributed by atoms with Gasteiger partial charge in [-0.1, -0.05) is 19.1 Å². The molecule has 5 nitrogen and oxygen atoms in total. The van der Waals surface area contributed by atoms with E-state index < -0.39 is 9.84 Å². The smallest absolute Gasteiger partial charge is 0.180 e. The molecule has 1 atom stereocenters. The van der Waals surface area contributed by atoms with Crippen LogP contribution in [0.5, 0.6) is 0 Å². The van der Waals surface area contributed by atoms with Crippen molar-refractivity contribution in [1.29, 1.82) is 0 Å². The van der Waals surface area contributed by atoms with Crippen molar-refractivity contribution in [2.24, 2.45) is 0 Å². The molecule has 6 heteroatoms. The van der Waals surface area contributed by atoms with Gasteiger partial charge in [0, 0.05) is 26.7 Å². The highest BCUT2D eigenvalue weighted by atomic mass is 32.2. The molecule has 0 spiro atoms. The molecular weight excluding hydrogens is 278 g/mol. The molecule has 1 aliphatic heterocycles. The van der Waals surface area contributed by atoms with E-state index in [1.54, 1.807) is 32.2 Å². The second-order valence-electron chi connectivity index (χ2n) is 4.94. The van der Waals surface area contributed by atoms with Crippen LogP contribution in [0.3, 0.4) is 0 Å². The lowest BCUT2D eigenvalue weighted by Crippen LogP contribution is -2.39. The van der Waals surface area contributed by atoms with Crippen LogP contribution in [-0.2, 0) is 19.3 Å². The maximum absolute atomic E-state index is 12.1. The summed E-state index contributed by atoms with van der Waals surface area (Å²) in [4.78, 5) is 0.340. The molecule has 0 saturated carbocycles. The lowest BCUT2D eigenvalue weighted by atomic mass is 10.0. The summed E-state index contributed by atoms with van der Waals surface area (Å²) in [6.07, 6.45) is 0.805. The number of benzene rings is 1. The average Bonchev–Trinajstić information content (AvgIpc) is 2.95. The van der Waals surface area contributed by atoms with Crippen LogP contribution < -0.4 is 5.32 Å². The summed E-state index contributed by atoms with van der Waals surface area (Å²) in [5, 5.41) is 3.20. The standard InChI is InChI=1S/C14H21NO4S/c1-3-20(16,17)13-7-5-4-6-12(13)15-10-14(18-2)8-9-19-11-14/h4-7,15H,3,8-11H2,1-2H3. The van der Waals surface area contributed by atoms with Crippen LogP contribution in [0.4, 0.5) is 5.69 Å². The monoisotopic (exact) mass is 299 g/mol. The number of hydrogen-bond donors (Lipinski definition) is 1. The van der Waals surface area contributed by atoms with Crippen molar-refractivity contribution in [2.45, 2.75) is 23.8 Å². The third-order valence-electron chi connectivity index (χ3n) is 3.70. The summed E-state index contributed by atoms with van der Waals surface area (Å²) in [6, 6.07) is 6.97. The lowest BCUT2D eigenvalue weighted by molar-refractivity contribution is -0.00623. The van der Waals surface area contributed by atoms with Crippen LogP contribution in [0, 0.1) is 0 Å². The molecule has 1 aromatic rings. The Morgan fingerprint density at radius 3 is 2.75 bits per heavy atom. The molecule has 20 heavy (non-hydrogen) atoms. The highest BCUT2D eigenvalue weighted by Crippen LogP contribution is 2.26. The summed E-state index contributed by atoms with van der Waals surface area (Å²) in [6.45, 7) is 3.37. The Morgan fingerprint density at radius 2 is 2.15 bits per heavy atom. The Labute approximate surface area is 120 Å². The molecule has 0 aliphatic carbocycles. The van der Waals surface area contributed by atoms with Gasteiger partial charge in [0.25, 0.3) is 0 Å². The first-order valence-electron chi connectivity index (χ1n) is 6.71. The molecular formula is C14H21NO4S. The number of nitrogens with one attached hydrogen (secondary N) is 1. The normalized spacial score (nSPS) is 22.9. The van der Waals surface area contributed by atoms with Crippen LogP contribution in [0.15, 0.2) is 29.2 Å². The molecule has 112 valence electrons. The predicted molar refractivity (Wildman–Crippen MR) is 77.8 cm³/mol. The van der Waals surface area contributed by atoms with Gasteiger partial charge >= 0.3 is 0 Å². The summed E-state index contributed by atoms with van der Waals surface area (Å²) >= 11 is 0. The second-order valence-corrected chi connectivity index (χ2v) is 7.19. The Morgan fingerprint density at radius 1 is 1.40 bits per heavy atom. The molecule has 0 aromatic heterocycles. The van der Waals surface area contributed by atoms with Crippen molar-refractivity contribution in [2.75, 3.05) is 37.9 Å². The topological polar surface area (TPSA) is 64.6 Å². The Kier molecular flexibility index (Phi) is 4.67. The number of hydrogen-bond acceptors (Lipinski definition) is 5. The molecule has 0 bridgehead atoms. The zero-order valence-corrected chi connectivity index (χ0v) is 12.7. The number of anilines is 1. The van der Waals surface area contributed by atoms with Crippen molar-refractivity contribution in [3.05, 3.63) is 24.3 Å². The highest BCUT2D eigenvalue weighted by Gasteiger charge is 2.35. The minimum atomic E-state index is -3.24. The van der Waals surface area contributed by atoms with Gasteiger partial charge in [0.05, 0.1) is 22.9 Å². The first kappa shape index (κ1) is 15.3. The number of para-hydroxylation sites is 1. The zero-order chi connectivity index (χ0) is 14.6. The molecule has 1 aromatic carbocycles. The number of methoxy groups -OCH3 is 1. The maximum atomic E-state index is 12.1. The van der Waals surface area contributed by atoms with Crippen molar-refractivity contribution >= 4 is 15.5 Å². The van der Waals surface area contributed by atoms with E-state index in [0.29, 0.717) is 30.3 Å². The van der Waals surface area contributed by atoms with Crippen molar-refractivity contribution < 1.29 is 17.9 Å². The van der Waals surface area contributed by atoms with E-state index in [1.165, 1.54) is 0 Å². The molecule has 0 radical (unpaired) electrons. The largest absolute Gasteiger partial charge is 0.381 e. The lowest BCUT2D eigenvalue weighted by Gasteiger charge is -2.27. The average molecular weight is 299 g/mol. The van der Waals surface area contributed by atoms with E-state index in [-0.39, 0.29) is 11.4 Å². The van der Waals surface area contributed by atoms with Crippen LogP contribution in [-0.4, -0.2) is 46.6 Å². The minimum Gasteiger partial charge on any atom is -0.381 e. The van der Waals surface area contributed by atoms with Gasteiger partial charge in [-0.3, -0.25) is 0 Å². The SMILES string of the molecule is CCS(=O)(=O)c1ccccc1NCC1(OC)CCOC1. The molecule has 1 aliphatic rings. The molecule has 1 saturated heterocycles. The predicted octanol–water partition coefficient (Wildman–Crippen LogP) is 1.70. The molecule has 1 unspecified atom stereocenters. The first-order valence-corrected chi connectivity index (χ1v) is 8.37. The Bertz CT molecular complexity index is 550. The van der Waals surface area contributed by atoms with E-state index in [1.807, 2.05) is 6.07 Å². The van der Waals surface area contributed by atoms with E-state index in [0.717, 1.165) is 6.42 Å². The third-order valence-corrected chi connectivity index (χ3v) is 5.49. The van der Waals surface area contributed by atoms with Crippen LogP contribution in [0.2, 0.25) is 0 Å². The summed E-state index contributed by atoms with van der Waals surface area (Å²) in [5.41, 5.74) is 0.251. The second kappa shape index (κ2) is 6.11. The number of sulfone groups is 1. The summed E-state index contributed by atoms with van der Waals surface area (Å²) < 4.78 is 35.1. The van der Waals surface area contributed by atoms with Crippen LogP contribution in [0.25, 0.3) is 0 Å². The zero-order valence-electron chi connectivity index (χ0n) is 11.9. The van der Waals surface area contributed by atoms with Gasteiger partial charge in [-0.25, -0.2) is 8.42 Å². The fourth-order valence-corrected chi connectivity index (χ4v) is 3.33. The maximum Gasteiger partial charge on any atom is 0.180 e. The quantitative estimate of drug-likeness (QED) is 0.866. The third kappa shape index (κ3) is 3.13. The fourth-order valence-electron chi connectivity index (χ4n) is 2.26. The van der Waals surface area contributed by atoms with E-state index in [2.05, 4.69) is 5.32 Å². The first-order chi connectivity index (χ1) is 9.53. The van der Waals surface area contributed by atoms with Gasteiger partial charge in [0.1, 0.15) is 5.60 Å². The molecule has 1 N–H and O–H groups in total. The summed E-state index contributed by atoms with van der Waals surface area (Å²) in [7, 11) is -1.58. The van der Waals surface area contributed by atoms with Crippen molar-refractivity contribution in [3.63, 3.8) is 0 Å². The van der Waals surface area contributed by atoms with E-state index in [4.69, 9.17) is 9.47 Å². The van der Waals surface area contributed by atoms with Gasteiger partial charge in [0.15, 0.2) is 9.84 Å². The number of ether oxygens (including phenoxy) is 2. The van der Waals surface area contributed by atoms with Gasteiger partial charge < -0.3 is 14.8 Å². The number of rotatable bonds is 6. The minimum absolute atomic E-state index is 0.0875. The van der Waals surface area contributed by atoms with Crippen LogP contribution >= 0.6 is 0 Å². The molecule has 1 heterocycles. The fraction of sp³-hybridized carbons (Fsp3) is 0.571. The van der Waals surface area contributed by atoms with Crippen LogP contribution in [0.1, 0.15) is 13.3 Å². The van der Waals surface area contributed by atoms with Crippen molar-refractivity contribution in [3.8, 4) is 0 Å². The van der Waals surface area contributed by atoms with Gasteiger partial charge in [-0.15, -0.1) is 0 Å². The molecule has 0 amide bonds. The van der Waals surface area contributed by atoms with Gasteiger partial charge in [-0.2, -0.15) is 0 Å². The van der Waals surface area contributed by atoms with E-state index >= 15 is 0 Å². The van der Waals surface area contributed by atoms with Crippen molar-refractivity contribution in [1.82, 2.24) is 0 Å². The van der Waals surface area contributed by atoms with Gasteiger partial charge in [-0.05, 0) is 12.1 Å². The Hall–Kier alpha value is -1.11. The molecule has 2 rings (SSSR count). The summed E-state index contributed by atoms with van der Waals surface area (Å²) in [5.74, 6) is 0.0875.